The molecule has 2 fully saturated rings. The van der Waals surface area contributed by atoms with E-state index in [0.29, 0.717) is 5.92 Å². The minimum Gasteiger partial charge on any atom is -0.298 e. The molecule has 2 aliphatic rings. The fourth-order valence-electron chi connectivity index (χ4n) is 2.70. The van der Waals surface area contributed by atoms with Crippen LogP contribution in [-0.2, 0) is 9.59 Å². The van der Waals surface area contributed by atoms with E-state index in [9.17, 15) is 9.59 Å². The second-order valence-electron chi connectivity index (χ2n) is 5.44. The van der Waals surface area contributed by atoms with Gasteiger partial charge in [-0.05, 0) is 24.3 Å². The molecular formula is C15H18N2O2. The standard InChI is InChI=1S/C15H18N2O2/c1-17-13(18)9-12(15(17)19)16-14(11-7-8-11)10-5-3-2-4-6-10/h2-6,11-12,14,16H,7-9H2,1H3. The number of carbonyl (C=O) groups excluding carboxylic acids is 2. The Balaban J connectivity index is 1.76. The molecule has 0 radical (unpaired) electrons. The SMILES string of the molecule is CN1C(=O)CC(NC(c2ccccc2)C2CC2)C1=O. The zero-order chi connectivity index (χ0) is 13.4. The number of nitrogens with one attached hydrogen (secondary N) is 1. The van der Waals surface area contributed by atoms with E-state index in [0.717, 1.165) is 0 Å². The van der Waals surface area contributed by atoms with Gasteiger partial charge in [-0.1, -0.05) is 30.3 Å². The summed E-state index contributed by atoms with van der Waals surface area (Å²) >= 11 is 0. The molecule has 1 aliphatic carbocycles. The van der Waals surface area contributed by atoms with E-state index in [4.69, 9.17) is 0 Å². The highest BCUT2D eigenvalue weighted by molar-refractivity contribution is 6.05. The van der Waals surface area contributed by atoms with Gasteiger partial charge < -0.3 is 0 Å². The number of imide groups is 1. The van der Waals surface area contributed by atoms with Gasteiger partial charge in [0.25, 0.3) is 0 Å². The predicted molar refractivity (Wildman–Crippen MR) is 71.2 cm³/mol. The molecule has 2 atom stereocenters. The number of hydrogen-bond acceptors (Lipinski definition) is 3. The molecule has 0 aromatic heterocycles. The van der Waals surface area contributed by atoms with Crippen LogP contribution in [0.15, 0.2) is 30.3 Å². The lowest BCUT2D eigenvalue weighted by molar-refractivity contribution is -0.137. The third-order valence-corrected chi connectivity index (χ3v) is 4.01. The van der Waals surface area contributed by atoms with Gasteiger partial charge >= 0.3 is 0 Å². The fraction of sp³-hybridized carbons (Fsp3) is 0.467. The number of rotatable bonds is 4. The summed E-state index contributed by atoms with van der Waals surface area (Å²) in [5.74, 6) is 0.396. The van der Waals surface area contributed by atoms with Crippen LogP contribution in [0.3, 0.4) is 0 Å². The van der Waals surface area contributed by atoms with Crippen molar-refractivity contribution < 1.29 is 9.59 Å². The van der Waals surface area contributed by atoms with E-state index in [1.165, 1.54) is 23.3 Å². The van der Waals surface area contributed by atoms with E-state index in [-0.39, 0.29) is 30.3 Å². The first kappa shape index (κ1) is 12.4. The molecule has 0 spiro atoms. The third kappa shape index (κ3) is 2.40. The van der Waals surface area contributed by atoms with Crippen LogP contribution in [0.5, 0.6) is 0 Å². The molecule has 1 heterocycles. The van der Waals surface area contributed by atoms with Gasteiger partial charge in [0.05, 0.1) is 12.5 Å². The molecule has 3 rings (SSSR count). The fourth-order valence-corrected chi connectivity index (χ4v) is 2.70. The molecule has 1 aliphatic heterocycles. The Morgan fingerprint density at radius 1 is 1.21 bits per heavy atom. The molecule has 1 N–H and O–H groups in total. The summed E-state index contributed by atoms with van der Waals surface area (Å²) in [5.41, 5.74) is 1.21. The lowest BCUT2D eigenvalue weighted by Gasteiger charge is -2.22. The lowest BCUT2D eigenvalue weighted by Crippen LogP contribution is -2.40. The van der Waals surface area contributed by atoms with Crippen molar-refractivity contribution in [1.29, 1.82) is 0 Å². The third-order valence-electron chi connectivity index (χ3n) is 4.01. The number of benzene rings is 1. The van der Waals surface area contributed by atoms with E-state index >= 15 is 0 Å². The average molecular weight is 258 g/mol. The van der Waals surface area contributed by atoms with E-state index < -0.39 is 0 Å². The Morgan fingerprint density at radius 3 is 2.42 bits per heavy atom. The number of likely N-dealkylation sites (N-methyl/N-ethyl adjacent to an activating group) is 1. The Morgan fingerprint density at radius 2 is 1.89 bits per heavy atom. The van der Waals surface area contributed by atoms with E-state index in [2.05, 4.69) is 17.4 Å². The van der Waals surface area contributed by atoms with Gasteiger partial charge in [0.1, 0.15) is 0 Å². The predicted octanol–water partition coefficient (Wildman–Crippen LogP) is 1.48. The Kier molecular flexibility index (Phi) is 3.11. The maximum absolute atomic E-state index is 12.0. The maximum Gasteiger partial charge on any atom is 0.246 e. The lowest BCUT2D eigenvalue weighted by atomic mass is 10.0. The minimum absolute atomic E-state index is 0.0925. The summed E-state index contributed by atoms with van der Waals surface area (Å²) < 4.78 is 0. The van der Waals surface area contributed by atoms with Crippen molar-refractivity contribution in [3.8, 4) is 0 Å². The van der Waals surface area contributed by atoms with Crippen LogP contribution in [0.25, 0.3) is 0 Å². The molecule has 4 heteroatoms. The maximum atomic E-state index is 12.0. The average Bonchev–Trinajstić information content (AvgIpc) is 3.23. The van der Waals surface area contributed by atoms with Crippen LogP contribution in [0.1, 0.15) is 30.9 Å². The normalized spacial score (nSPS) is 24.9. The van der Waals surface area contributed by atoms with Crippen LogP contribution in [0.2, 0.25) is 0 Å². The molecular weight excluding hydrogens is 240 g/mol. The summed E-state index contributed by atoms with van der Waals surface area (Å²) in [5, 5.41) is 3.39. The Bertz CT molecular complexity index is 496. The summed E-state index contributed by atoms with van der Waals surface area (Å²) in [6.45, 7) is 0. The van der Waals surface area contributed by atoms with Gasteiger partial charge in [-0.3, -0.25) is 19.8 Å². The summed E-state index contributed by atoms with van der Waals surface area (Å²) in [4.78, 5) is 24.8. The molecule has 1 aromatic carbocycles. The molecule has 4 nitrogen and oxygen atoms in total. The summed E-state index contributed by atoms with van der Waals surface area (Å²) in [6.07, 6.45) is 2.67. The first-order chi connectivity index (χ1) is 9.16. The highest BCUT2D eigenvalue weighted by Crippen LogP contribution is 2.41. The molecule has 0 bridgehead atoms. The van der Waals surface area contributed by atoms with Gasteiger partial charge in [0.15, 0.2) is 0 Å². The number of likely N-dealkylation sites (tertiary alicyclic amines) is 1. The molecule has 1 saturated carbocycles. The first-order valence-corrected chi connectivity index (χ1v) is 6.78. The van der Waals surface area contributed by atoms with Crippen LogP contribution < -0.4 is 5.32 Å². The zero-order valence-corrected chi connectivity index (χ0v) is 11.0. The number of nitrogens with zero attached hydrogens (tertiary/aromatic N) is 1. The van der Waals surface area contributed by atoms with E-state index in [1.807, 2.05) is 18.2 Å². The molecule has 2 amide bonds. The van der Waals surface area contributed by atoms with Crippen LogP contribution in [0.4, 0.5) is 0 Å². The smallest absolute Gasteiger partial charge is 0.246 e. The van der Waals surface area contributed by atoms with Crippen molar-refractivity contribution in [2.24, 2.45) is 5.92 Å². The second kappa shape index (κ2) is 4.78. The van der Waals surface area contributed by atoms with Gasteiger partial charge in [-0.2, -0.15) is 0 Å². The highest BCUT2D eigenvalue weighted by Gasteiger charge is 2.40. The molecule has 1 aromatic rings. The van der Waals surface area contributed by atoms with Crippen molar-refractivity contribution in [2.75, 3.05) is 7.05 Å². The van der Waals surface area contributed by atoms with Gasteiger partial charge in [0.2, 0.25) is 11.8 Å². The van der Waals surface area contributed by atoms with Gasteiger partial charge in [-0.15, -0.1) is 0 Å². The molecule has 1 saturated heterocycles. The number of carbonyl (C=O) groups is 2. The summed E-state index contributed by atoms with van der Waals surface area (Å²) in [6, 6.07) is 10.0. The van der Waals surface area contributed by atoms with Crippen molar-refractivity contribution in [2.45, 2.75) is 31.3 Å². The van der Waals surface area contributed by atoms with Crippen LogP contribution in [-0.4, -0.2) is 29.8 Å². The van der Waals surface area contributed by atoms with Crippen molar-refractivity contribution in [3.05, 3.63) is 35.9 Å². The highest BCUT2D eigenvalue weighted by atomic mass is 16.2. The van der Waals surface area contributed by atoms with E-state index in [1.54, 1.807) is 7.05 Å². The minimum atomic E-state index is -0.358. The number of hydrogen-bond donors (Lipinski definition) is 1. The number of amides is 2. The van der Waals surface area contributed by atoms with Crippen molar-refractivity contribution >= 4 is 11.8 Å². The molecule has 19 heavy (non-hydrogen) atoms. The Labute approximate surface area is 112 Å². The second-order valence-corrected chi connectivity index (χ2v) is 5.44. The monoisotopic (exact) mass is 258 g/mol. The van der Waals surface area contributed by atoms with Crippen LogP contribution in [0, 0.1) is 5.92 Å². The zero-order valence-electron chi connectivity index (χ0n) is 11.0. The Hall–Kier alpha value is -1.68. The molecule has 100 valence electrons. The van der Waals surface area contributed by atoms with Crippen LogP contribution >= 0.6 is 0 Å². The summed E-state index contributed by atoms with van der Waals surface area (Å²) in [7, 11) is 1.56. The van der Waals surface area contributed by atoms with Gasteiger partial charge in [-0.25, -0.2) is 0 Å². The molecule has 2 unspecified atom stereocenters. The topological polar surface area (TPSA) is 49.4 Å². The van der Waals surface area contributed by atoms with Crippen molar-refractivity contribution in [3.63, 3.8) is 0 Å². The quantitative estimate of drug-likeness (QED) is 0.832. The van der Waals surface area contributed by atoms with Crippen molar-refractivity contribution in [1.82, 2.24) is 10.2 Å². The first-order valence-electron chi connectivity index (χ1n) is 6.78. The largest absolute Gasteiger partial charge is 0.298 e. The van der Waals surface area contributed by atoms with Gasteiger partial charge in [0, 0.05) is 13.1 Å².